The number of nitrogens with zero attached hydrogens (tertiary/aromatic N) is 1. The van der Waals surface area contributed by atoms with Crippen LogP contribution in [0.4, 0.5) is 4.39 Å². The summed E-state index contributed by atoms with van der Waals surface area (Å²) >= 11 is 0. The summed E-state index contributed by atoms with van der Waals surface area (Å²) in [5.74, 6) is 5.04. The van der Waals surface area contributed by atoms with Crippen molar-refractivity contribution in [3.05, 3.63) is 35.1 Å². The minimum absolute atomic E-state index is 0.199. The zero-order valence-electron chi connectivity index (χ0n) is 10.6. The average molecular weight is 247 g/mol. The molecule has 1 aliphatic rings. The number of benzene rings is 1. The first-order valence-electron chi connectivity index (χ1n) is 6.36. The second-order valence-corrected chi connectivity index (χ2v) is 4.60. The van der Waals surface area contributed by atoms with Gasteiger partial charge in [0.15, 0.2) is 0 Å². The van der Waals surface area contributed by atoms with Crippen LogP contribution >= 0.6 is 0 Å². The molecule has 96 valence electrons. The highest BCUT2D eigenvalue weighted by atomic mass is 19.1. The maximum Gasteiger partial charge on any atom is 0.124 e. The molecule has 2 rings (SSSR count). The highest BCUT2D eigenvalue weighted by Crippen LogP contribution is 2.28. The van der Waals surface area contributed by atoms with E-state index < -0.39 is 0 Å². The van der Waals surface area contributed by atoms with Gasteiger partial charge >= 0.3 is 0 Å². The first-order chi connectivity index (χ1) is 8.72. The lowest BCUT2D eigenvalue weighted by Gasteiger charge is -2.19. The van der Waals surface area contributed by atoms with Gasteiger partial charge in [-0.05, 0) is 43.1 Å². The van der Waals surface area contributed by atoms with Crippen LogP contribution < -0.4 is 0 Å². The lowest BCUT2D eigenvalue weighted by Crippen LogP contribution is -2.25. The summed E-state index contributed by atoms with van der Waals surface area (Å²) in [5.41, 5.74) is 1.58. The Morgan fingerprint density at radius 3 is 2.78 bits per heavy atom. The van der Waals surface area contributed by atoms with E-state index in [9.17, 15) is 4.39 Å². The average Bonchev–Trinajstić information content (AvgIpc) is 3.17. The molecule has 1 aromatic carbocycles. The highest BCUT2D eigenvalue weighted by molar-refractivity contribution is 5.37. The van der Waals surface area contributed by atoms with E-state index in [-0.39, 0.29) is 12.4 Å². The Kier molecular flexibility index (Phi) is 4.35. The van der Waals surface area contributed by atoms with Crippen molar-refractivity contribution >= 4 is 0 Å². The highest BCUT2D eigenvalue weighted by Gasteiger charge is 2.27. The van der Waals surface area contributed by atoms with E-state index in [0.717, 1.165) is 18.7 Å². The maximum absolute atomic E-state index is 13.5. The summed E-state index contributed by atoms with van der Waals surface area (Å²) in [5, 5.41) is 8.66. The molecule has 3 heteroatoms. The van der Waals surface area contributed by atoms with Crippen molar-refractivity contribution in [1.29, 1.82) is 0 Å². The molecule has 0 spiro atoms. The van der Waals surface area contributed by atoms with Gasteiger partial charge in [-0.1, -0.05) is 18.8 Å². The Bertz CT molecular complexity index is 471. The van der Waals surface area contributed by atoms with E-state index in [2.05, 4.69) is 23.7 Å². The normalized spacial score (nSPS) is 14.4. The molecule has 0 aromatic heterocycles. The van der Waals surface area contributed by atoms with Gasteiger partial charge < -0.3 is 5.11 Å². The van der Waals surface area contributed by atoms with Crippen LogP contribution in [0.3, 0.4) is 0 Å². The second kappa shape index (κ2) is 5.99. The molecule has 0 bridgehead atoms. The van der Waals surface area contributed by atoms with Crippen molar-refractivity contribution < 1.29 is 9.50 Å². The smallest absolute Gasteiger partial charge is 0.124 e. The fourth-order valence-electron chi connectivity index (χ4n) is 2.13. The molecular formula is C15H18FNO. The molecule has 1 aliphatic carbocycles. The molecule has 2 nitrogen and oxygen atoms in total. The van der Waals surface area contributed by atoms with Gasteiger partial charge in [-0.2, -0.15) is 0 Å². The summed E-state index contributed by atoms with van der Waals surface area (Å²) in [7, 11) is 0. The molecule has 0 heterocycles. The van der Waals surface area contributed by atoms with Crippen molar-refractivity contribution in [2.75, 3.05) is 13.2 Å². The largest absolute Gasteiger partial charge is 0.384 e. The lowest BCUT2D eigenvalue weighted by atomic mass is 10.1. The van der Waals surface area contributed by atoms with Gasteiger partial charge in [-0.3, -0.25) is 4.90 Å². The van der Waals surface area contributed by atoms with Gasteiger partial charge in [0, 0.05) is 18.2 Å². The molecule has 0 atom stereocenters. The van der Waals surface area contributed by atoms with E-state index in [4.69, 9.17) is 5.11 Å². The minimum Gasteiger partial charge on any atom is -0.384 e. The lowest BCUT2D eigenvalue weighted by molar-refractivity contribution is 0.269. The Hall–Kier alpha value is -1.37. The van der Waals surface area contributed by atoms with Crippen LogP contribution in [0.5, 0.6) is 0 Å². The van der Waals surface area contributed by atoms with E-state index in [1.54, 1.807) is 6.07 Å². The third-order valence-corrected chi connectivity index (χ3v) is 3.12. The van der Waals surface area contributed by atoms with Gasteiger partial charge in [-0.15, -0.1) is 0 Å². The van der Waals surface area contributed by atoms with Crippen molar-refractivity contribution in [3.63, 3.8) is 0 Å². The topological polar surface area (TPSA) is 23.5 Å². The molecule has 0 unspecified atom stereocenters. The fraction of sp³-hybridized carbons (Fsp3) is 0.467. The summed E-state index contributed by atoms with van der Waals surface area (Å²) in [6.07, 6.45) is 2.50. The summed E-state index contributed by atoms with van der Waals surface area (Å²) in [6, 6.07) is 5.54. The minimum atomic E-state index is -0.262. The Balaban J connectivity index is 2.13. The number of halogens is 1. The van der Waals surface area contributed by atoms with Gasteiger partial charge in [0.05, 0.1) is 0 Å². The SMILES string of the molecule is CCN(Cc1cc(F)cc(C#CCO)c1)C1CC1. The van der Waals surface area contributed by atoms with Crippen LogP contribution in [0.25, 0.3) is 0 Å². The Morgan fingerprint density at radius 1 is 1.39 bits per heavy atom. The molecule has 18 heavy (non-hydrogen) atoms. The summed E-state index contributed by atoms with van der Waals surface area (Å²) in [6.45, 7) is 3.69. The number of rotatable bonds is 4. The van der Waals surface area contributed by atoms with E-state index >= 15 is 0 Å². The Morgan fingerprint density at radius 2 is 2.17 bits per heavy atom. The first kappa shape index (κ1) is 13.1. The van der Waals surface area contributed by atoms with Crippen LogP contribution in [0.1, 0.15) is 30.9 Å². The predicted molar refractivity (Wildman–Crippen MR) is 69.5 cm³/mol. The quantitative estimate of drug-likeness (QED) is 0.824. The third-order valence-electron chi connectivity index (χ3n) is 3.12. The first-order valence-corrected chi connectivity index (χ1v) is 6.36. The van der Waals surface area contributed by atoms with Gasteiger partial charge in [0.25, 0.3) is 0 Å². The number of aliphatic hydroxyl groups excluding tert-OH is 1. The van der Waals surface area contributed by atoms with Crippen molar-refractivity contribution in [1.82, 2.24) is 4.90 Å². The number of hydrogen-bond donors (Lipinski definition) is 1. The fourth-order valence-corrected chi connectivity index (χ4v) is 2.13. The zero-order valence-corrected chi connectivity index (χ0v) is 10.6. The monoisotopic (exact) mass is 247 g/mol. The number of aliphatic hydroxyl groups is 1. The van der Waals surface area contributed by atoms with Gasteiger partial charge in [-0.25, -0.2) is 4.39 Å². The summed E-state index contributed by atoms with van der Waals surface area (Å²) < 4.78 is 13.5. The van der Waals surface area contributed by atoms with Crippen LogP contribution in [0.2, 0.25) is 0 Å². The van der Waals surface area contributed by atoms with Crippen LogP contribution in [0.15, 0.2) is 18.2 Å². The van der Waals surface area contributed by atoms with Crippen LogP contribution in [-0.4, -0.2) is 29.2 Å². The molecule has 0 amide bonds. The van der Waals surface area contributed by atoms with E-state index in [1.165, 1.54) is 18.9 Å². The Labute approximate surface area is 107 Å². The van der Waals surface area contributed by atoms with E-state index in [1.807, 2.05) is 6.07 Å². The predicted octanol–water partition coefficient (Wildman–Crippen LogP) is 2.15. The van der Waals surface area contributed by atoms with Gasteiger partial charge in [0.1, 0.15) is 12.4 Å². The number of hydrogen-bond acceptors (Lipinski definition) is 2. The second-order valence-electron chi connectivity index (χ2n) is 4.60. The molecule has 1 N–H and O–H groups in total. The molecule has 1 aromatic rings. The standard InChI is InChI=1S/C15H18FNO/c1-2-17(15-5-6-15)11-13-8-12(4-3-7-18)9-14(16)10-13/h8-10,15,18H,2,5-7,11H2,1H3. The summed E-state index contributed by atoms with van der Waals surface area (Å²) in [4.78, 5) is 2.36. The van der Waals surface area contributed by atoms with Crippen LogP contribution in [0, 0.1) is 17.7 Å². The third kappa shape index (κ3) is 3.56. The molecule has 0 aliphatic heterocycles. The molecule has 1 saturated carbocycles. The van der Waals surface area contributed by atoms with Crippen molar-refractivity contribution in [3.8, 4) is 11.8 Å². The molecule has 0 radical (unpaired) electrons. The van der Waals surface area contributed by atoms with Crippen molar-refractivity contribution in [2.24, 2.45) is 0 Å². The molecule has 0 saturated heterocycles. The van der Waals surface area contributed by atoms with Crippen molar-refractivity contribution in [2.45, 2.75) is 32.4 Å². The van der Waals surface area contributed by atoms with E-state index in [0.29, 0.717) is 11.6 Å². The molecular weight excluding hydrogens is 229 g/mol. The zero-order chi connectivity index (χ0) is 13.0. The van der Waals surface area contributed by atoms with Gasteiger partial charge in [0.2, 0.25) is 0 Å². The van der Waals surface area contributed by atoms with Crippen LogP contribution in [-0.2, 0) is 6.54 Å². The molecule has 1 fully saturated rings. The maximum atomic E-state index is 13.5.